The molecule has 0 spiro atoms. The van der Waals surface area contributed by atoms with Gasteiger partial charge >= 0.3 is 22.3 Å². The van der Waals surface area contributed by atoms with Gasteiger partial charge in [-0.3, -0.25) is 4.18 Å². The number of halogens is 3. The molecule has 0 atom stereocenters. The number of hydrogen-bond donors (Lipinski definition) is 0. The van der Waals surface area contributed by atoms with E-state index in [4.69, 9.17) is 0 Å². The van der Waals surface area contributed by atoms with Crippen molar-refractivity contribution in [2.45, 2.75) is 38.1 Å². The molecule has 0 aliphatic heterocycles. The number of amides is 1. The number of carbonyl (C=O) groups is 1. The summed E-state index contributed by atoms with van der Waals surface area (Å²) in [6, 6.07) is -0.828. The molecule has 1 aromatic heterocycles. The smallest absolute Gasteiger partial charge is 0.321 e. The molecule has 0 aliphatic rings. The highest BCUT2D eigenvalue weighted by Gasteiger charge is 2.33. The predicted octanol–water partition coefficient (Wildman–Crippen LogP) is 1.24. The molecule has 0 radical (unpaired) electrons. The Bertz CT molecular complexity index is 626. The van der Waals surface area contributed by atoms with Crippen molar-refractivity contribution >= 4 is 16.1 Å². The van der Waals surface area contributed by atoms with Crippen molar-refractivity contribution in [3.05, 3.63) is 6.33 Å². The van der Waals surface area contributed by atoms with Gasteiger partial charge in [0.05, 0.1) is 0 Å². The van der Waals surface area contributed by atoms with E-state index in [0.717, 1.165) is 6.33 Å². The van der Waals surface area contributed by atoms with Crippen molar-refractivity contribution in [3.8, 4) is 0 Å². The van der Waals surface area contributed by atoms with Crippen LogP contribution in [0.15, 0.2) is 11.5 Å². The maximum absolute atomic E-state index is 12.0. The number of aromatic nitrogens is 3. The maximum atomic E-state index is 12.0. The first-order valence-electron chi connectivity index (χ1n) is 6.16. The van der Waals surface area contributed by atoms with Crippen molar-refractivity contribution in [3.63, 3.8) is 0 Å². The number of hydrogen-bond acceptors (Lipinski definition) is 6. The van der Waals surface area contributed by atoms with Crippen LogP contribution >= 0.6 is 0 Å². The molecule has 22 heavy (non-hydrogen) atoms. The van der Waals surface area contributed by atoms with E-state index in [0.29, 0.717) is 11.2 Å². The second-order valence-corrected chi connectivity index (χ2v) is 5.97. The summed E-state index contributed by atoms with van der Waals surface area (Å²) in [6.45, 7) is 3.53. The van der Waals surface area contributed by atoms with Crippen LogP contribution in [0.5, 0.6) is 0 Å². The van der Waals surface area contributed by atoms with Crippen LogP contribution in [0.1, 0.15) is 20.8 Å². The van der Waals surface area contributed by atoms with Crippen LogP contribution < -0.4 is 0 Å². The molecule has 1 heterocycles. The average molecular weight is 344 g/mol. The van der Waals surface area contributed by atoms with Gasteiger partial charge in [0, 0.05) is 12.6 Å². The Labute approximate surface area is 125 Å². The third kappa shape index (κ3) is 4.66. The molecule has 12 heteroatoms. The van der Waals surface area contributed by atoms with Gasteiger partial charge in [-0.05, 0) is 20.8 Å². The minimum Gasteiger partial charge on any atom is -0.321 e. The summed E-state index contributed by atoms with van der Waals surface area (Å²) in [4.78, 5) is 16.7. The Morgan fingerprint density at radius 1 is 1.45 bits per heavy atom. The summed E-state index contributed by atoms with van der Waals surface area (Å²) in [5, 5.41) is 2.36. The third-order valence-corrected chi connectivity index (χ3v) is 3.54. The van der Waals surface area contributed by atoms with Gasteiger partial charge in [-0.25, -0.2) is 9.78 Å². The monoisotopic (exact) mass is 344 g/mol. The first-order valence-corrected chi connectivity index (χ1v) is 7.57. The quantitative estimate of drug-likeness (QED) is 0.746. The highest BCUT2D eigenvalue weighted by Crippen LogP contribution is 2.17. The average Bonchev–Trinajstić information content (AvgIpc) is 2.86. The number of nitrogens with zero attached hydrogens (tertiary/aromatic N) is 4. The van der Waals surface area contributed by atoms with Crippen molar-refractivity contribution in [2.24, 2.45) is 0 Å². The lowest BCUT2D eigenvalue weighted by Gasteiger charge is -2.24. The number of carbonyl (C=O) groups excluding carboxylic acids is 1. The predicted molar refractivity (Wildman–Crippen MR) is 67.5 cm³/mol. The fourth-order valence-corrected chi connectivity index (χ4v) is 2.26. The van der Waals surface area contributed by atoms with Gasteiger partial charge in [0.25, 0.3) is 5.16 Å². The zero-order valence-electron chi connectivity index (χ0n) is 12.0. The van der Waals surface area contributed by atoms with Crippen LogP contribution in [0.2, 0.25) is 0 Å². The van der Waals surface area contributed by atoms with Crippen LogP contribution in [0.25, 0.3) is 0 Å². The molecule has 1 amide bonds. The van der Waals surface area contributed by atoms with Crippen LogP contribution in [-0.4, -0.2) is 59.5 Å². The summed E-state index contributed by atoms with van der Waals surface area (Å²) in [5.74, 6) is 0. The Morgan fingerprint density at radius 2 is 2.05 bits per heavy atom. The van der Waals surface area contributed by atoms with E-state index in [1.54, 1.807) is 20.8 Å². The van der Waals surface area contributed by atoms with Gasteiger partial charge in [0.15, 0.2) is 6.61 Å². The van der Waals surface area contributed by atoms with Crippen LogP contribution in [-0.2, 0) is 14.3 Å². The Morgan fingerprint density at radius 3 is 2.50 bits per heavy atom. The SMILES string of the molecule is CCN(C(=O)n1cnc(S(=O)(=O)OCC(F)(F)F)n1)C(C)C. The number of alkyl halides is 3. The van der Waals surface area contributed by atoms with Gasteiger partial charge < -0.3 is 4.90 Å². The van der Waals surface area contributed by atoms with E-state index < -0.39 is 34.1 Å². The van der Waals surface area contributed by atoms with E-state index in [-0.39, 0.29) is 6.04 Å². The largest absolute Gasteiger partial charge is 0.413 e. The molecule has 0 bridgehead atoms. The first-order chi connectivity index (χ1) is 9.98. The highest BCUT2D eigenvalue weighted by atomic mass is 32.2. The zero-order valence-corrected chi connectivity index (χ0v) is 12.8. The maximum Gasteiger partial charge on any atom is 0.413 e. The van der Waals surface area contributed by atoms with Gasteiger partial charge in [0.2, 0.25) is 0 Å². The fraction of sp³-hybridized carbons (Fsp3) is 0.700. The zero-order chi connectivity index (χ0) is 17.1. The molecule has 1 rings (SSSR count). The van der Waals surface area contributed by atoms with E-state index in [2.05, 4.69) is 14.3 Å². The molecule has 0 fully saturated rings. The standard InChI is InChI=1S/C10H15F3N4O4S/c1-4-16(7(2)3)9(18)17-6-14-8(15-17)22(19,20)21-5-10(11,12)13/h6-7H,4-5H2,1-3H3. The lowest BCUT2D eigenvalue weighted by Crippen LogP contribution is -2.39. The van der Waals surface area contributed by atoms with Crippen LogP contribution in [0.4, 0.5) is 18.0 Å². The minimum absolute atomic E-state index is 0.178. The van der Waals surface area contributed by atoms with Gasteiger partial charge in [0.1, 0.15) is 6.33 Å². The van der Waals surface area contributed by atoms with Crippen LogP contribution in [0, 0.1) is 0 Å². The molecule has 0 aromatic carbocycles. The van der Waals surface area contributed by atoms with Crippen LogP contribution in [0.3, 0.4) is 0 Å². The lowest BCUT2D eigenvalue weighted by atomic mass is 10.3. The first kappa shape index (κ1) is 18.4. The van der Waals surface area contributed by atoms with Crippen molar-refractivity contribution < 1.29 is 30.6 Å². The Balaban J connectivity index is 2.94. The van der Waals surface area contributed by atoms with E-state index in [9.17, 15) is 26.4 Å². The van der Waals surface area contributed by atoms with Gasteiger partial charge in [-0.1, -0.05) is 0 Å². The molecule has 0 saturated carbocycles. The van der Waals surface area contributed by atoms with Crippen molar-refractivity contribution in [1.29, 1.82) is 0 Å². The summed E-state index contributed by atoms with van der Waals surface area (Å²) in [5.41, 5.74) is 0. The minimum atomic E-state index is -4.82. The topological polar surface area (TPSA) is 94.4 Å². The molecule has 0 N–H and O–H groups in total. The molecule has 0 aliphatic carbocycles. The Hall–Kier alpha value is -1.69. The number of rotatable bonds is 5. The molecule has 8 nitrogen and oxygen atoms in total. The Kier molecular flexibility index (Phi) is 5.51. The summed E-state index contributed by atoms with van der Waals surface area (Å²) < 4.78 is 63.4. The highest BCUT2D eigenvalue weighted by molar-refractivity contribution is 7.86. The van der Waals surface area contributed by atoms with Gasteiger partial charge in [-0.2, -0.15) is 26.3 Å². The summed E-state index contributed by atoms with van der Waals surface area (Å²) in [6.07, 6.45) is -4.01. The lowest BCUT2D eigenvalue weighted by molar-refractivity contribution is -0.152. The molecule has 1 aromatic rings. The van der Waals surface area contributed by atoms with Crippen molar-refractivity contribution in [2.75, 3.05) is 13.2 Å². The van der Waals surface area contributed by atoms with E-state index >= 15 is 0 Å². The second-order valence-electron chi connectivity index (χ2n) is 4.47. The second kappa shape index (κ2) is 6.60. The van der Waals surface area contributed by atoms with E-state index in [1.807, 2.05) is 0 Å². The van der Waals surface area contributed by atoms with E-state index in [1.165, 1.54) is 4.90 Å². The molecular weight excluding hydrogens is 329 g/mol. The third-order valence-electron chi connectivity index (χ3n) is 2.48. The molecule has 0 saturated heterocycles. The summed E-state index contributed by atoms with van der Waals surface area (Å²) in [7, 11) is -4.79. The molecule has 126 valence electrons. The van der Waals surface area contributed by atoms with Gasteiger partial charge in [-0.15, -0.1) is 5.10 Å². The molecule has 0 unspecified atom stereocenters. The van der Waals surface area contributed by atoms with Crippen molar-refractivity contribution in [1.82, 2.24) is 19.7 Å². The fourth-order valence-electron chi connectivity index (χ4n) is 1.50. The molecular formula is C10H15F3N4O4S. The summed E-state index contributed by atoms with van der Waals surface area (Å²) >= 11 is 0. The normalized spacial score (nSPS) is 12.7.